The second kappa shape index (κ2) is 6.51. The monoisotopic (exact) mass is 384 g/mol. The van der Waals surface area contributed by atoms with Gasteiger partial charge in [-0.05, 0) is 18.2 Å². The van der Waals surface area contributed by atoms with Crippen molar-refractivity contribution in [2.45, 2.75) is 19.1 Å². The maximum absolute atomic E-state index is 13.0. The van der Waals surface area contributed by atoms with Crippen LogP contribution in [0.25, 0.3) is 11.0 Å². The average Bonchev–Trinajstić information content (AvgIpc) is 3.39. The quantitative estimate of drug-likeness (QED) is 0.694. The molecule has 0 unspecified atom stereocenters. The molecule has 138 valence electrons. The molecular formula is C19H17ClN4O3. The molecule has 0 bridgehead atoms. The number of pyridine rings is 1. The minimum Gasteiger partial charge on any atom is -0.471 e. The van der Waals surface area contributed by atoms with Crippen LogP contribution in [0.15, 0.2) is 36.5 Å². The van der Waals surface area contributed by atoms with E-state index in [2.05, 4.69) is 14.5 Å². The number of benzene rings is 1. The maximum atomic E-state index is 13.0. The minimum atomic E-state index is -0.172. The van der Waals surface area contributed by atoms with Crippen LogP contribution >= 0.6 is 11.6 Å². The fourth-order valence-electron chi connectivity index (χ4n) is 3.53. The Morgan fingerprint density at radius 2 is 2.19 bits per heavy atom. The standard InChI is InChI=1S/C19H17ClN4O3/c20-14-9-12(10-21-17(14)27-13-5-8-26-11-13)18(25)24-7-6-23-16-4-2-1-3-15(16)22-19(23)24/h1-4,9-10,13H,5-8,11H2/t13-/m0/s1. The summed E-state index contributed by atoms with van der Waals surface area (Å²) in [6, 6.07) is 9.47. The first-order valence-electron chi connectivity index (χ1n) is 8.88. The molecule has 3 aromatic rings. The molecule has 0 N–H and O–H groups in total. The van der Waals surface area contributed by atoms with Crippen molar-refractivity contribution in [3.05, 3.63) is 47.1 Å². The van der Waals surface area contributed by atoms with E-state index in [1.165, 1.54) is 6.20 Å². The smallest absolute Gasteiger partial charge is 0.262 e. The molecule has 27 heavy (non-hydrogen) atoms. The Bertz CT molecular complexity index is 1030. The summed E-state index contributed by atoms with van der Waals surface area (Å²) in [4.78, 5) is 23.5. The molecule has 1 saturated heterocycles. The van der Waals surface area contributed by atoms with Gasteiger partial charge in [0.2, 0.25) is 11.8 Å². The highest BCUT2D eigenvalue weighted by Crippen LogP contribution is 2.30. The lowest BCUT2D eigenvalue weighted by molar-refractivity contribution is 0.0988. The molecule has 1 aromatic carbocycles. The summed E-state index contributed by atoms with van der Waals surface area (Å²) in [6.45, 7) is 2.49. The highest BCUT2D eigenvalue weighted by molar-refractivity contribution is 6.32. The first-order valence-corrected chi connectivity index (χ1v) is 9.25. The molecular weight excluding hydrogens is 368 g/mol. The Balaban J connectivity index is 1.41. The van der Waals surface area contributed by atoms with E-state index in [-0.39, 0.29) is 12.0 Å². The molecule has 1 fully saturated rings. The summed E-state index contributed by atoms with van der Waals surface area (Å²) < 4.78 is 13.1. The van der Waals surface area contributed by atoms with Crippen molar-refractivity contribution in [2.75, 3.05) is 24.7 Å². The van der Waals surface area contributed by atoms with Crippen LogP contribution in [0, 0.1) is 0 Å². The van der Waals surface area contributed by atoms with Crippen LogP contribution in [0.2, 0.25) is 5.02 Å². The van der Waals surface area contributed by atoms with Gasteiger partial charge in [0.25, 0.3) is 5.91 Å². The minimum absolute atomic E-state index is 0.0463. The average molecular weight is 385 g/mol. The van der Waals surface area contributed by atoms with Gasteiger partial charge in [0.15, 0.2) is 0 Å². The molecule has 0 spiro atoms. The number of anilines is 1. The van der Waals surface area contributed by atoms with Crippen LogP contribution in [0.1, 0.15) is 16.8 Å². The third-order valence-electron chi connectivity index (χ3n) is 4.89. The SMILES string of the molecule is O=C(c1cnc(O[C@H]2CCOC2)c(Cl)c1)N1CCn2c1nc1ccccc12. The molecule has 8 heteroatoms. The van der Waals surface area contributed by atoms with Crippen molar-refractivity contribution in [2.24, 2.45) is 0 Å². The zero-order valence-corrected chi connectivity index (χ0v) is 15.2. The number of ether oxygens (including phenoxy) is 2. The van der Waals surface area contributed by atoms with E-state index in [0.717, 1.165) is 17.5 Å². The predicted octanol–water partition coefficient (Wildman–Crippen LogP) is 2.91. The summed E-state index contributed by atoms with van der Waals surface area (Å²) in [5.41, 5.74) is 2.32. The summed E-state index contributed by atoms with van der Waals surface area (Å²) in [6.07, 6.45) is 2.27. The molecule has 1 atom stereocenters. The fraction of sp³-hybridized carbons (Fsp3) is 0.316. The Hall–Kier alpha value is -2.64. The zero-order valence-electron chi connectivity index (χ0n) is 14.5. The molecule has 2 aliphatic rings. The van der Waals surface area contributed by atoms with Crippen molar-refractivity contribution in [3.63, 3.8) is 0 Å². The number of aromatic nitrogens is 3. The van der Waals surface area contributed by atoms with E-state index in [1.54, 1.807) is 11.0 Å². The maximum Gasteiger partial charge on any atom is 0.262 e. The molecule has 4 heterocycles. The zero-order chi connectivity index (χ0) is 18.4. The second-order valence-corrected chi connectivity index (χ2v) is 7.03. The van der Waals surface area contributed by atoms with Gasteiger partial charge in [-0.3, -0.25) is 9.69 Å². The van der Waals surface area contributed by atoms with Gasteiger partial charge in [-0.2, -0.15) is 0 Å². The number of fused-ring (bicyclic) bond motifs is 3. The number of hydrogen-bond acceptors (Lipinski definition) is 5. The Morgan fingerprint density at radius 3 is 3.00 bits per heavy atom. The largest absolute Gasteiger partial charge is 0.471 e. The van der Waals surface area contributed by atoms with Crippen molar-refractivity contribution in [1.29, 1.82) is 0 Å². The number of imidazole rings is 1. The predicted molar refractivity (Wildman–Crippen MR) is 101 cm³/mol. The Labute approximate surface area is 160 Å². The van der Waals surface area contributed by atoms with E-state index in [1.807, 2.05) is 24.3 Å². The van der Waals surface area contributed by atoms with Crippen LogP contribution in [0.5, 0.6) is 5.88 Å². The Kier molecular flexibility index (Phi) is 3.98. The van der Waals surface area contributed by atoms with Crippen LogP contribution in [0.3, 0.4) is 0 Å². The number of amides is 1. The van der Waals surface area contributed by atoms with Gasteiger partial charge in [-0.25, -0.2) is 9.97 Å². The van der Waals surface area contributed by atoms with Gasteiger partial charge in [-0.15, -0.1) is 0 Å². The van der Waals surface area contributed by atoms with Gasteiger partial charge in [-0.1, -0.05) is 23.7 Å². The normalized spacial score (nSPS) is 18.9. The summed E-state index contributed by atoms with van der Waals surface area (Å²) >= 11 is 6.30. The van der Waals surface area contributed by atoms with Gasteiger partial charge < -0.3 is 14.0 Å². The van der Waals surface area contributed by atoms with Crippen molar-refractivity contribution < 1.29 is 14.3 Å². The fourth-order valence-corrected chi connectivity index (χ4v) is 3.74. The van der Waals surface area contributed by atoms with Crippen LogP contribution < -0.4 is 9.64 Å². The number of rotatable bonds is 3. The highest BCUT2D eigenvalue weighted by atomic mass is 35.5. The van der Waals surface area contributed by atoms with Crippen molar-refractivity contribution in [3.8, 4) is 5.88 Å². The van der Waals surface area contributed by atoms with Crippen LogP contribution in [-0.4, -0.2) is 46.3 Å². The number of nitrogens with zero attached hydrogens (tertiary/aromatic N) is 4. The molecule has 0 saturated carbocycles. The van der Waals surface area contributed by atoms with Crippen molar-refractivity contribution >= 4 is 34.5 Å². The number of para-hydroxylation sites is 2. The molecule has 2 aromatic heterocycles. The Morgan fingerprint density at radius 1 is 1.30 bits per heavy atom. The number of hydrogen-bond donors (Lipinski definition) is 0. The third-order valence-corrected chi connectivity index (χ3v) is 5.16. The lowest BCUT2D eigenvalue weighted by Crippen LogP contribution is -2.29. The van der Waals surface area contributed by atoms with E-state index >= 15 is 0 Å². The lowest BCUT2D eigenvalue weighted by atomic mass is 10.2. The molecule has 5 rings (SSSR count). The summed E-state index contributed by atoms with van der Waals surface area (Å²) in [5, 5.41) is 0.320. The van der Waals surface area contributed by atoms with Crippen LogP contribution in [0.4, 0.5) is 5.95 Å². The van der Waals surface area contributed by atoms with Gasteiger partial charge in [0, 0.05) is 25.7 Å². The first kappa shape index (κ1) is 16.5. The number of carbonyl (C=O) groups excluding carboxylic acids is 1. The van der Waals surface area contributed by atoms with E-state index in [0.29, 0.717) is 48.7 Å². The van der Waals surface area contributed by atoms with Crippen molar-refractivity contribution in [1.82, 2.24) is 14.5 Å². The van der Waals surface area contributed by atoms with Gasteiger partial charge in [0.1, 0.15) is 11.1 Å². The number of halogens is 1. The molecule has 0 radical (unpaired) electrons. The van der Waals surface area contributed by atoms with Gasteiger partial charge in [0.05, 0.1) is 29.8 Å². The van der Waals surface area contributed by atoms with E-state index in [4.69, 9.17) is 21.1 Å². The summed E-state index contributed by atoms with van der Waals surface area (Å²) in [5.74, 6) is 0.812. The first-order chi connectivity index (χ1) is 13.2. The molecule has 7 nitrogen and oxygen atoms in total. The topological polar surface area (TPSA) is 69.5 Å². The molecule has 1 amide bonds. The second-order valence-electron chi connectivity index (χ2n) is 6.62. The summed E-state index contributed by atoms with van der Waals surface area (Å²) in [7, 11) is 0. The molecule has 0 aliphatic carbocycles. The lowest BCUT2D eigenvalue weighted by Gasteiger charge is -2.15. The van der Waals surface area contributed by atoms with E-state index in [9.17, 15) is 4.79 Å². The highest BCUT2D eigenvalue weighted by Gasteiger charge is 2.30. The van der Waals surface area contributed by atoms with Gasteiger partial charge >= 0.3 is 0 Å². The van der Waals surface area contributed by atoms with Crippen LogP contribution in [-0.2, 0) is 11.3 Å². The van der Waals surface area contributed by atoms with E-state index < -0.39 is 0 Å². The number of carbonyl (C=O) groups is 1. The molecule has 2 aliphatic heterocycles. The third kappa shape index (κ3) is 2.83.